The van der Waals surface area contributed by atoms with Gasteiger partial charge in [-0.3, -0.25) is 14.7 Å². The smallest absolute Gasteiger partial charge is 0.305 e. The van der Waals surface area contributed by atoms with Gasteiger partial charge in [-0.05, 0) is 19.8 Å². The number of esters is 1. The molecule has 1 aromatic rings. The molecule has 0 spiro atoms. The van der Waals surface area contributed by atoms with Crippen molar-refractivity contribution in [1.29, 1.82) is 0 Å². The van der Waals surface area contributed by atoms with Crippen LogP contribution in [-0.2, 0) is 16.0 Å². The van der Waals surface area contributed by atoms with Gasteiger partial charge in [-0.25, -0.2) is 0 Å². The number of aryl methyl sites for hydroxylation is 1. The molecular weight excluding hydrogens is 260 g/mol. The molecular formula is C13H22N4O3. The molecule has 112 valence electrons. The summed E-state index contributed by atoms with van der Waals surface area (Å²) in [5.74, 6) is -0.587. The van der Waals surface area contributed by atoms with Crippen molar-refractivity contribution in [3.8, 4) is 0 Å². The topological polar surface area (TPSA) is 110 Å². The van der Waals surface area contributed by atoms with Gasteiger partial charge in [-0.15, -0.1) is 0 Å². The highest BCUT2D eigenvalue weighted by Gasteiger charge is 2.16. The second-order valence-electron chi connectivity index (χ2n) is 4.38. The highest BCUT2D eigenvalue weighted by molar-refractivity contribution is 5.97. The number of hydrogen-bond acceptors (Lipinski definition) is 5. The standard InChI is InChI=1S/C13H22N4O3/c1-3-6-9-11(14)12(17-16-9)13(19)15-8-5-7-10(18)20-4-2/h3-8,14H2,1-2H3,(H,15,19)(H,16,17). The molecule has 0 aliphatic rings. The predicted molar refractivity (Wildman–Crippen MR) is 75.2 cm³/mol. The molecule has 4 N–H and O–H groups in total. The number of nitrogen functional groups attached to an aromatic ring is 1. The first-order valence-electron chi connectivity index (χ1n) is 6.86. The minimum atomic E-state index is -0.329. The maximum atomic E-state index is 11.9. The molecule has 0 saturated heterocycles. The van der Waals surface area contributed by atoms with E-state index in [0.717, 1.165) is 18.5 Å². The Labute approximate surface area is 118 Å². The minimum absolute atomic E-state index is 0.213. The number of anilines is 1. The maximum absolute atomic E-state index is 11.9. The van der Waals surface area contributed by atoms with E-state index >= 15 is 0 Å². The average Bonchev–Trinajstić information content (AvgIpc) is 2.77. The van der Waals surface area contributed by atoms with E-state index in [9.17, 15) is 9.59 Å². The first kappa shape index (κ1) is 16.0. The minimum Gasteiger partial charge on any atom is -0.466 e. The van der Waals surface area contributed by atoms with Crippen LogP contribution in [0.4, 0.5) is 5.69 Å². The first-order chi connectivity index (χ1) is 9.60. The third-order valence-electron chi connectivity index (χ3n) is 2.75. The molecule has 1 aromatic heterocycles. The number of carbonyl (C=O) groups excluding carboxylic acids is 2. The number of hydrogen-bond donors (Lipinski definition) is 3. The summed E-state index contributed by atoms with van der Waals surface area (Å²) in [5.41, 5.74) is 7.25. The lowest BCUT2D eigenvalue weighted by atomic mass is 10.2. The molecule has 1 rings (SSSR count). The number of carbonyl (C=O) groups is 2. The lowest BCUT2D eigenvalue weighted by Gasteiger charge is -2.04. The van der Waals surface area contributed by atoms with E-state index in [1.807, 2.05) is 6.92 Å². The molecule has 0 fully saturated rings. The van der Waals surface area contributed by atoms with E-state index in [1.165, 1.54) is 0 Å². The second-order valence-corrected chi connectivity index (χ2v) is 4.38. The number of H-pyrrole nitrogens is 1. The van der Waals surface area contributed by atoms with Crippen LogP contribution in [0.3, 0.4) is 0 Å². The molecule has 0 radical (unpaired) electrons. The number of ether oxygens (including phenoxy) is 1. The zero-order valence-electron chi connectivity index (χ0n) is 12.0. The Morgan fingerprint density at radius 2 is 2.15 bits per heavy atom. The van der Waals surface area contributed by atoms with Crippen molar-refractivity contribution >= 4 is 17.6 Å². The van der Waals surface area contributed by atoms with E-state index in [2.05, 4.69) is 15.5 Å². The van der Waals surface area contributed by atoms with Crippen molar-refractivity contribution in [2.45, 2.75) is 39.5 Å². The highest BCUT2D eigenvalue weighted by atomic mass is 16.5. The van der Waals surface area contributed by atoms with E-state index in [1.54, 1.807) is 6.92 Å². The summed E-state index contributed by atoms with van der Waals surface area (Å²) < 4.78 is 4.79. The van der Waals surface area contributed by atoms with Crippen LogP contribution in [0, 0.1) is 0 Å². The van der Waals surface area contributed by atoms with Crippen LogP contribution in [-0.4, -0.2) is 35.2 Å². The Bertz CT molecular complexity index is 456. The monoisotopic (exact) mass is 282 g/mol. The van der Waals surface area contributed by atoms with E-state index in [4.69, 9.17) is 10.5 Å². The van der Waals surface area contributed by atoms with Crippen molar-refractivity contribution in [1.82, 2.24) is 15.5 Å². The van der Waals surface area contributed by atoms with Crippen LogP contribution in [0.1, 0.15) is 49.3 Å². The number of aromatic amines is 1. The van der Waals surface area contributed by atoms with Crippen LogP contribution >= 0.6 is 0 Å². The maximum Gasteiger partial charge on any atom is 0.305 e. The number of nitrogens with zero attached hydrogens (tertiary/aromatic N) is 1. The molecule has 0 atom stereocenters. The average molecular weight is 282 g/mol. The summed E-state index contributed by atoms with van der Waals surface area (Å²) in [6.07, 6.45) is 2.49. The SMILES string of the molecule is CCCc1[nH]nc(C(=O)NCCCC(=O)OCC)c1N. The van der Waals surface area contributed by atoms with E-state index in [-0.39, 0.29) is 24.0 Å². The first-order valence-corrected chi connectivity index (χ1v) is 6.86. The Morgan fingerprint density at radius 1 is 1.40 bits per heavy atom. The second kappa shape index (κ2) is 8.19. The van der Waals surface area contributed by atoms with Crippen molar-refractivity contribution in [3.05, 3.63) is 11.4 Å². The van der Waals surface area contributed by atoms with Crippen LogP contribution in [0.15, 0.2) is 0 Å². The zero-order valence-corrected chi connectivity index (χ0v) is 12.0. The molecule has 1 heterocycles. The highest BCUT2D eigenvalue weighted by Crippen LogP contribution is 2.15. The molecule has 0 aromatic carbocycles. The number of amides is 1. The third kappa shape index (κ3) is 4.56. The molecule has 7 heteroatoms. The van der Waals surface area contributed by atoms with Gasteiger partial charge < -0.3 is 15.8 Å². The molecule has 20 heavy (non-hydrogen) atoms. The fourth-order valence-electron chi connectivity index (χ4n) is 1.75. The van der Waals surface area contributed by atoms with Crippen molar-refractivity contribution in [3.63, 3.8) is 0 Å². The zero-order chi connectivity index (χ0) is 15.0. The van der Waals surface area contributed by atoms with Gasteiger partial charge in [-0.2, -0.15) is 5.10 Å². The van der Waals surface area contributed by atoms with Gasteiger partial charge >= 0.3 is 5.97 Å². The van der Waals surface area contributed by atoms with Crippen LogP contribution < -0.4 is 11.1 Å². The normalized spacial score (nSPS) is 10.3. The molecule has 0 aliphatic heterocycles. The summed E-state index contributed by atoms with van der Waals surface area (Å²) in [4.78, 5) is 23.0. The van der Waals surface area contributed by atoms with Crippen molar-refractivity contribution < 1.29 is 14.3 Å². The number of nitrogens with two attached hydrogens (primary N) is 1. The molecule has 0 unspecified atom stereocenters. The van der Waals surface area contributed by atoms with Gasteiger partial charge in [0.2, 0.25) is 0 Å². The summed E-state index contributed by atoms with van der Waals surface area (Å²) in [7, 11) is 0. The molecule has 0 bridgehead atoms. The Morgan fingerprint density at radius 3 is 2.80 bits per heavy atom. The van der Waals surface area contributed by atoms with Crippen molar-refractivity contribution in [2.75, 3.05) is 18.9 Å². The molecule has 0 saturated carbocycles. The largest absolute Gasteiger partial charge is 0.466 e. The quantitative estimate of drug-likeness (QED) is 0.487. The summed E-state index contributed by atoms with van der Waals surface area (Å²) >= 11 is 0. The lowest BCUT2D eigenvalue weighted by Crippen LogP contribution is -2.26. The molecule has 1 amide bonds. The fourth-order valence-corrected chi connectivity index (χ4v) is 1.75. The van der Waals surface area contributed by atoms with Gasteiger partial charge in [0, 0.05) is 13.0 Å². The van der Waals surface area contributed by atoms with Gasteiger partial charge in [0.1, 0.15) is 0 Å². The third-order valence-corrected chi connectivity index (χ3v) is 2.75. The summed E-state index contributed by atoms with van der Waals surface area (Å²) in [6, 6.07) is 0. The van der Waals surface area contributed by atoms with Gasteiger partial charge in [0.05, 0.1) is 18.0 Å². The Hall–Kier alpha value is -2.05. The Balaban J connectivity index is 2.38. The lowest BCUT2D eigenvalue weighted by molar-refractivity contribution is -0.143. The molecule has 0 aliphatic carbocycles. The van der Waals surface area contributed by atoms with Gasteiger partial charge in [-0.1, -0.05) is 13.3 Å². The van der Waals surface area contributed by atoms with Crippen LogP contribution in [0.5, 0.6) is 0 Å². The Kier molecular flexibility index (Phi) is 6.55. The number of rotatable bonds is 8. The van der Waals surface area contributed by atoms with Gasteiger partial charge in [0.25, 0.3) is 5.91 Å². The summed E-state index contributed by atoms with van der Waals surface area (Å²) in [5, 5.41) is 9.38. The van der Waals surface area contributed by atoms with Crippen LogP contribution in [0.25, 0.3) is 0 Å². The van der Waals surface area contributed by atoms with Crippen LogP contribution in [0.2, 0.25) is 0 Å². The fraction of sp³-hybridized carbons (Fsp3) is 0.615. The van der Waals surface area contributed by atoms with E-state index in [0.29, 0.717) is 25.3 Å². The predicted octanol–water partition coefficient (Wildman–Crippen LogP) is 1.02. The number of nitrogens with one attached hydrogen (secondary N) is 2. The summed E-state index contributed by atoms with van der Waals surface area (Å²) in [6.45, 7) is 4.53. The van der Waals surface area contributed by atoms with Crippen molar-refractivity contribution in [2.24, 2.45) is 0 Å². The van der Waals surface area contributed by atoms with Gasteiger partial charge in [0.15, 0.2) is 5.69 Å². The number of aromatic nitrogens is 2. The van der Waals surface area contributed by atoms with E-state index < -0.39 is 0 Å². The molecule has 7 nitrogen and oxygen atoms in total.